The number of piperazine rings is 1. The molecule has 1 aliphatic rings. The second-order valence-electron chi connectivity index (χ2n) is 9.13. The maximum atomic E-state index is 12.9. The minimum Gasteiger partial charge on any atom is -0.459 e. The molecule has 1 N–H and O–H groups in total. The Bertz CT molecular complexity index is 1270. The van der Waals surface area contributed by atoms with E-state index in [9.17, 15) is 4.79 Å². The van der Waals surface area contributed by atoms with Crippen molar-refractivity contribution in [1.29, 1.82) is 0 Å². The summed E-state index contributed by atoms with van der Waals surface area (Å²) in [5.41, 5.74) is 6.18. The first kappa shape index (κ1) is 23.4. The number of hydrogen-bond acceptors (Lipinski definition) is 5. The molecule has 5 nitrogen and oxygen atoms in total. The van der Waals surface area contributed by atoms with Gasteiger partial charge in [0.25, 0.3) is 5.91 Å². The Morgan fingerprint density at radius 2 is 1.63 bits per heavy atom. The summed E-state index contributed by atoms with van der Waals surface area (Å²) >= 11 is 1.64. The van der Waals surface area contributed by atoms with Gasteiger partial charge in [-0.05, 0) is 56.2 Å². The van der Waals surface area contributed by atoms with E-state index in [0.717, 1.165) is 31.2 Å². The molecule has 4 aromatic rings. The highest BCUT2D eigenvalue weighted by atomic mass is 32.1. The number of rotatable bonds is 6. The number of carbonyl (C=O) groups excluding carboxylic acids is 1. The normalized spacial score (nSPS) is 15.2. The third-order valence-corrected chi connectivity index (χ3v) is 8.01. The predicted octanol–water partition coefficient (Wildman–Crippen LogP) is 6.43. The highest BCUT2D eigenvalue weighted by Gasteiger charge is 2.32. The number of thiophene rings is 1. The van der Waals surface area contributed by atoms with Crippen molar-refractivity contribution in [2.45, 2.75) is 26.8 Å². The van der Waals surface area contributed by atoms with Crippen LogP contribution >= 0.6 is 11.3 Å². The Morgan fingerprint density at radius 1 is 0.914 bits per heavy atom. The van der Waals surface area contributed by atoms with Crippen molar-refractivity contribution in [3.8, 4) is 0 Å². The summed E-state index contributed by atoms with van der Waals surface area (Å²) in [6, 6.07) is 22.9. The molecule has 0 unspecified atom stereocenters. The fraction of sp³-hybridized carbons (Fsp3) is 0.276. The number of carbonyl (C=O) groups is 1. The van der Waals surface area contributed by atoms with Crippen LogP contribution in [0.25, 0.3) is 0 Å². The lowest BCUT2D eigenvalue weighted by atomic mass is 9.93. The SMILES string of the molecule is Cc1ccc([C@H](c2c(NC(=O)c3ccco3)sc(C)c2C)N2CCN(c3ccccc3)CC2)cc1. The van der Waals surface area contributed by atoms with Crippen molar-refractivity contribution in [2.24, 2.45) is 0 Å². The molecule has 0 bridgehead atoms. The Balaban J connectivity index is 1.49. The molecule has 2 aromatic carbocycles. The van der Waals surface area contributed by atoms with Gasteiger partial charge in [-0.15, -0.1) is 11.3 Å². The summed E-state index contributed by atoms with van der Waals surface area (Å²) in [6.45, 7) is 10.2. The molecule has 3 heterocycles. The standard InChI is InChI=1S/C29H31N3O2S/c1-20-11-13-23(14-12-20)27(32-17-15-31(16-18-32)24-8-5-4-6-9-24)26-21(2)22(3)35-29(26)30-28(33)25-10-7-19-34-25/h4-14,19,27H,15-18H2,1-3H3,(H,30,33)/t27-/m1/s1. The fourth-order valence-corrected chi connectivity index (χ4v) is 5.91. The molecule has 2 aromatic heterocycles. The Morgan fingerprint density at radius 3 is 2.29 bits per heavy atom. The van der Waals surface area contributed by atoms with E-state index in [0.29, 0.717) is 5.76 Å². The van der Waals surface area contributed by atoms with E-state index in [2.05, 4.69) is 90.5 Å². The van der Waals surface area contributed by atoms with Gasteiger partial charge in [0.05, 0.1) is 12.3 Å². The van der Waals surface area contributed by atoms with Gasteiger partial charge in [0.2, 0.25) is 0 Å². The number of benzene rings is 2. The van der Waals surface area contributed by atoms with Crippen molar-refractivity contribution >= 4 is 27.9 Å². The molecule has 0 saturated carbocycles. The number of aryl methyl sites for hydroxylation is 2. The van der Waals surface area contributed by atoms with E-state index in [1.54, 1.807) is 23.5 Å². The number of amides is 1. The van der Waals surface area contributed by atoms with Gasteiger partial charge >= 0.3 is 0 Å². The zero-order valence-corrected chi connectivity index (χ0v) is 21.3. The van der Waals surface area contributed by atoms with Crippen LogP contribution in [0.4, 0.5) is 10.7 Å². The molecule has 180 valence electrons. The second kappa shape index (κ2) is 10.1. The van der Waals surface area contributed by atoms with Crippen LogP contribution in [-0.2, 0) is 0 Å². The zero-order valence-electron chi connectivity index (χ0n) is 20.5. The predicted molar refractivity (Wildman–Crippen MR) is 144 cm³/mol. The summed E-state index contributed by atoms with van der Waals surface area (Å²) in [6.07, 6.45) is 1.53. The van der Waals surface area contributed by atoms with Crippen molar-refractivity contribution in [1.82, 2.24) is 4.90 Å². The molecule has 1 saturated heterocycles. The maximum absolute atomic E-state index is 12.9. The number of hydrogen-bond donors (Lipinski definition) is 1. The molecule has 1 fully saturated rings. The van der Waals surface area contributed by atoms with E-state index < -0.39 is 0 Å². The van der Waals surface area contributed by atoms with E-state index >= 15 is 0 Å². The summed E-state index contributed by atoms with van der Waals surface area (Å²) in [5.74, 6) is 0.108. The van der Waals surface area contributed by atoms with Crippen molar-refractivity contribution in [3.05, 3.63) is 106 Å². The summed E-state index contributed by atoms with van der Waals surface area (Å²) in [5, 5.41) is 4.06. The first-order chi connectivity index (χ1) is 17.0. The molecule has 0 aliphatic carbocycles. The van der Waals surface area contributed by atoms with Gasteiger partial charge in [0, 0.05) is 42.3 Å². The summed E-state index contributed by atoms with van der Waals surface area (Å²) in [7, 11) is 0. The van der Waals surface area contributed by atoms with Gasteiger partial charge in [0.15, 0.2) is 5.76 Å². The van der Waals surface area contributed by atoms with E-state index in [1.807, 2.05) is 0 Å². The lowest BCUT2D eigenvalue weighted by Crippen LogP contribution is -2.48. The van der Waals surface area contributed by atoms with Gasteiger partial charge in [-0.2, -0.15) is 0 Å². The number of nitrogens with one attached hydrogen (secondary N) is 1. The van der Waals surface area contributed by atoms with Crippen LogP contribution in [-0.4, -0.2) is 37.0 Å². The highest BCUT2D eigenvalue weighted by Crippen LogP contribution is 2.43. The second-order valence-corrected chi connectivity index (χ2v) is 10.4. The lowest BCUT2D eigenvalue weighted by Gasteiger charge is -2.41. The smallest absolute Gasteiger partial charge is 0.291 e. The molecule has 6 heteroatoms. The fourth-order valence-electron chi connectivity index (χ4n) is 4.83. The van der Waals surface area contributed by atoms with Crippen LogP contribution in [0.1, 0.15) is 43.7 Å². The molecular formula is C29H31N3O2S. The Labute approximate surface area is 211 Å². The molecule has 0 radical (unpaired) electrons. The van der Waals surface area contributed by atoms with Gasteiger partial charge in [0.1, 0.15) is 5.00 Å². The monoisotopic (exact) mass is 485 g/mol. The van der Waals surface area contributed by atoms with Gasteiger partial charge in [-0.25, -0.2) is 0 Å². The summed E-state index contributed by atoms with van der Waals surface area (Å²) < 4.78 is 5.35. The van der Waals surface area contributed by atoms with Crippen LogP contribution in [0.5, 0.6) is 0 Å². The zero-order chi connectivity index (χ0) is 24.4. The first-order valence-corrected chi connectivity index (χ1v) is 12.9. The number of anilines is 2. The third-order valence-electron chi connectivity index (χ3n) is 6.87. The highest BCUT2D eigenvalue weighted by molar-refractivity contribution is 7.16. The van der Waals surface area contributed by atoms with Crippen LogP contribution in [0, 0.1) is 20.8 Å². The van der Waals surface area contributed by atoms with Crippen LogP contribution < -0.4 is 10.2 Å². The van der Waals surface area contributed by atoms with Gasteiger partial charge in [-0.3, -0.25) is 9.69 Å². The molecule has 0 spiro atoms. The van der Waals surface area contributed by atoms with Gasteiger partial charge < -0.3 is 14.6 Å². The van der Waals surface area contributed by atoms with Crippen molar-refractivity contribution in [3.63, 3.8) is 0 Å². The molecule has 1 amide bonds. The minimum absolute atomic E-state index is 0.0605. The maximum Gasteiger partial charge on any atom is 0.291 e. The average molecular weight is 486 g/mol. The number of furan rings is 1. The van der Waals surface area contributed by atoms with Crippen LogP contribution in [0.2, 0.25) is 0 Å². The number of para-hydroxylation sites is 1. The van der Waals surface area contributed by atoms with Crippen LogP contribution in [0.15, 0.2) is 77.4 Å². The number of nitrogens with zero attached hydrogens (tertiary/aromatic N) is 2. The first-order valence-electron chi connectivity index (χ1n) is 12.1. The topological polar surface area (TPSA) is 48.7 Å². The molecular weight excluding hydrogens is 454 g/mol. The molecule has 5 rings (SSSR count). The van der Waals surface area contributed by atoms with Crippen molar-refractivity contribution in [2.75, 3.05) is 36.4 Å². The van der Waals surface area contributed by atoms with E-state index in [-0.39, 0.29) is 11.9 Å². The van der Waals surface area contributed by atoms with E-state index in [1.165, 1.54) is 39.1 Å². The van der Waals surface area contributed by atoms with Crippen LogP contribution in [0.3, 0.4) is 0 Å². The van der Waals surface area contributed by atoms with Crippen molar-refractivity contribution < 1.29 is 9.21 Å². The van der Waals surface area contributed by atoms with E-state index in [4.69, 9.17) is 4.42 Å². The van der Waals surface area contributed by atoms with Gasteiger partial charge in [-0.1, -0.05) is 48.0 Å². The Hall–Kier alpha value is -3.35. The average Bonchev–Trinajstić information content (AvgIpc) is 3.51. The molecule has 1 aliphatic heterocycles. The molecule has 1 atom stereocenters. The minimum atomic E-state index is -0.214. The molecule has 35 heavy (non-hydrogen) atoms. The largest absolute Gasteiger partial charge is 0.459 e. The quantitative estimate of drug-likeness (QED) is 0.342. The lowest BCUT2D eigenvalue weighted by molar-refractivity contribution is 0.0996. The third kappa shape index (κ3) is 4.90. The summed E-state index contributed by atoms with van der Waals surface area (Å²) in [4.78, 5) is 19.1. The Kier molecular flexibility index (Phi) is 6.75.